The van der Waals surface area contributed by atoms with Crippen molar-refractivity contribution in [2.45, 2.75) is 37.0 Å². The molecule has 1 fully saturated rings. The highest BCUT2D eigenvalue weighted by molar-refractivity contribution is 9.11. The average molecular weight is 392 g/mol. The lowest BCUT2D eigenvalue weighted by molar-refractivity contribution is 0.455. The lowest BCUT2D eigenvalue weighted by Crippen LogP contribution is -2.17. The number of nitrogen functional groups attached to an aromatic ring is 1. The van der Waals surface area contributed by atoms with Gasteiger partial charge in [0.05, 0.1) is 11.7 Å². The number of hydrogen-bond acceptors (Lipinski definition) is 3. The second-order valence-corrected chi connectivity index (χ2v) is 7.13. The zero-order valence-corrected chi connectivity index (χ0v) is 14.0. The quantitative estimate of drug-likeness (QED) is 0.436. The summed E-state index contributed by atoms with van der Waals surface area (Å²) in [6, 6.07) is 4.36. The van der Waals surface area contributed by atoms with Gasteiger partial charge in [-0.2, -0.15) is 12.6 Å². The summed E-state index contributed by atoms with van der Waals surface area (Å²) >= 11 is 11.4. The first-order chi connectivity index (χ1) is 8.56. The Kier molecular flexibility index (Phi) is 5.15. The van der Waals surface area contributed by atoms with E-state index in [1.54, 1.807) is 0 Å². The molecule has 0 bridgehead atoms. The molecule has 2 rings (SSSR count). The Morgan fingerprint density at radius 1 is 1.22 bits per heavy atom. The highest BCUT2D eigenvalue weighted by Crippen LogP contribution is 2.28. The van der Waals surface area contributed by atoms with E-state index in [4.69, 9.17) is 5.73 Å². The highest BCUT2D eigenvalue weighted by atomic mass is 79.9. The van der Waals surface area contributed by atoms with Gasteiger partial charge in [-0.1, -0.05) is 15.9 Å². The maximum Gasteiger partial charge on any atom is 0.0548 e. The number of anilines is 1. The average Bonchev–Trinajstić information content (AvgIpc) is 2.34. The second-order valence-electron chi connectivity index (χ2n) is 4.63. The topological polar surface area (TPSA) is 38.4 Å². The summed E-state index contributed by atoms with van der Waals surface area (Å²) in [5.41, 5.74) is 7.72. The van der Waals surface area contributed by atoms with Crippen molar-refractivity contribution in [1.29, 1.82) is 0 Å². The molecule has 18 heavy (non-hydrogen) atoms. The minimum Gasteiger partial charge on any atom is -0.397 e. The van der Waals surface area contributed by atoms with E-state index in [-0.39, 0.29) is 0 Å². The van der Waals surface area contributed by atoms with Gasteiger partial charge in [0.2, 0.25) is 0 Å². The third-order valence-electron chi connectivity index (χ3n) is 3.22. The predicted molar refractivity (Wildman–Crippen MR) is 88.9 cm³/mol. The van der Waals surface area contributed by atoms with Gasteiger partial charge in [0.25, 0.3) is 0 Å². The maximum absolute atomic E-state index is 6.02. The maximum atomic E-state index is 6.02. The van der Waals surface area contributed by atoms with E-state index in [0.717, 1.165) is 45.9 Å². The molecule has 1 aliphatic rings. The van der Waals surface area contributed by atoms with E-state index >= 15 is 0 Å². The number of nitrogens with zero attached hydrogens (tertiary/aromatic N) is 1. The van der Waals surface area contributed by atoms with Gasteiger partial charge in [0.15, 0.2) is 0 Å². The molecule has 2 N–H and O–H groups in total. The van der Waals surface area contributed by atoms with Crippen LogP contribution in [0.3, 0.4) is 0 Å². The standard InChI is InChI=1S/C13H16Br2N2S/c14-9-5-8(13(16)12(15)6-9)7-17-10-1-3-11(18)4-2-10/h5-7,10-11,18H,1-4,16H2/b17-7+. The fourth-order valence-corrected chi connectivity index (χ4v) is 3.66. The first-order valence-electron chi connectivity index (χ1n) is 6.02. The van der Waals surface area contributed by atoms with Crippen LogP contribution in [-0.4, -0.2) is 17.5 Å². The molecule has 0 radical (unpaired) electrons. The summed E-state index contributed by atoms with van der Waals surface area (Å²) in [6.45, 7) is 0. The number of halogens is 2. The van der Waals surface area contributed by atoms with Gasteiger partial charge >= 0.3 is 0 Å². The van der Waals surface area contributed by atoms with Crippen LogP contribution >= 0.6 is 44.5 Å². The third kappa shape index (κ3) is 3.75. The Balaban J connectivity index is 2.09. The molecule has 0 saturated heterocycles. The molecule has 0 atom stereocenters. The van der Waals surface area contributed by atoms with Crippen LogP contribution in [0.1, 0.15) is 31.2 Å². The van der Waals surface area contributed by atoms with Crippen LogP contribution in [0.25, 0.3) is 0 Å². The van der Waals surface area contributed by atoms with Crippen LogP contribution in [0, 0.1) is 0 Å². The minimum atomic E-state index is 0.422. The largest absolute Gasteiger partial charge is 0.397 e. The Bertz CT molecular complexity index is 455. The number of nitrogens with two attached hydrogens (primary N) is 1. The van der Waals surface area contributed by atoms with Gasteiger partial charge in [-0.05, 0) is 53.7 Å². The van der Waals surface area contributed by atoms with Crippen LogP contribution in [0.2, 0.25) is 0 Å². The Hall–Kier alpha value is -0.000000000000000111. The molecule has 1 saturated carbocycles. The van der Waals surface area contributed by atoms with Crippen LogP contribution < -0.4 is 5.73 Å². The van der Waals surface area contributed by atoms with E-state index in [0.29, 0.717) is 11.3 Å². The summed E-state index contributed by atoms with van der Waals surface area (Å²) in [4.78, 5) is 4.65. The number of aliphatic imine (C=N–C) groups is 1. The number of benzene rings is 1. The van der Waals surface area contributed by atoms with Crippen molar-refractivity contribution in [1.82, 2.24) is 0 Å². The Morgan fingerprint density at radius 2 is 1.89 bits per heavy atom. The minimum absolute atomic E-state index is 0.422. The first kappa shape index (κ1) is 14.4. The molecule has 0 aliphatic heterocycles. The molecule has 0 aromatic heterocycles. The molecule has 0 heterocycles. The van der Waals surface area contributed by atoms with Crippen molar-refractivity contribution in [3.05, 3.63) is 26.6 Å². The van der Waals surface area contributed by atoms with E-state index in [2.05, 4.69) is 49.5 Å². The molecule has 5 heteroatoms. The van der Waals surface area contributed by atoms with Gasteiger partial charge in [-0.15, -0.1) is 0 Å². The fourth-order valence-electron chi connectivity index (χ4n) is 2.10. The molecule has 0 amide bonds. The summed E-state index contributed by atoms with van der Waals surface area (Å²) in [5, 5.41) is 0.557. The summed E-state index contributed by atoms with van der Waals surface area (Å²) in [6.07, 6.45) is 6.46. The molecule has 1 aromatic rings. The predicted octanol–water partition coefficient (Wildman–Crippen LogP) is 4.45. The van der Waals surface area contributed by atoms with Crippen molar-refractivity contribution in [3.63, 3.8) is 0 Å². The van der Waals surface area contributed by atoms with E-state index < -0.39 is 0 Å². The van der Waals surface area contributed by atoms with Crippen LogP contribution in [0.5, 0.6) is 0 Å². The zero-order chi connectivity index (χ0) is 13.1. The van der Waals surface area contributed by atoms with Gasteiger partial charge in [-0.25, -0.2) is 0 Å². The van der Waals surface area contributed by atoms with Crippen LogP contribution in [-0.2, 0) is 0 Å². The van der Waals surface area contributed by atoms with Crippen LogP contribution in [0.4, 0.5) is 5.69 Å². The fraction of sp³-hybridized carbons (Fsp3) is 0.462. The van der Waals surface area contributed by atoms with Gasteiger partial charge in [-0.3, -0.25) is 4.99 Å². The van der Waals surface area contributed by atoms with Crippen molar-refractivity contribution in [2.24, 2.45) is 4.99 Å². The van der Waals surface area contributed by atoms with Gasteiger partial charge < -0.3 is 5.73 Å². The van der Waals surface area contributed by atoms with Crippen LogP contribution in [0.15, 0.2) is 26.1 Å². The Labute approximate surface area is 130 Å². The number of hydrogen-bond donors (Lipinski definition) is 2. The molecule has 0 unspecified atom stereocenters. The second kappa shape index (κ2) is 6.44. The number of rotatable bonds is 2. The lowest BCUT2D eigenvalue weighted by Gasteiger charge is -2.22. The smallest absolute Gasteiger partial charge is 0.0548 e. The van der Waals surface area contributed by atoms with Gasteiger partial charge in [0.1, 0.15) is 0 Å². The Morgan fingerprint density at radius 3 is 2.56 bits per heavy atom. The monoisotopic (exact) mass is 390 g/mol. The molecule has 2 nitrogen and oxygen atoms in total. The molecule has 1 aliphatic carbocycles. The van der Waals surface area contributed by atoms with Crippen molar-refractivity contribution >= 4 is 56.4 Å². The lowest BCUT2D eigenvalue weighted by atomic mass is 9.95. The van der Waals surface area contributed by atoms with E-state index in [1.165, 1.54) is 0 Å². The summed E-state index contributed by atoms with van der Waals surface area (Å²) < 4.78 is 1.90. The normalized spacial score (nSPS) is 24.6. The SMILES string of the molecule is Nc1c(Br)cc(Br)cc1/C=N/C1CCC(S)CC1. The van der Waals surface area contributed by atoms with Crippen molar-refractivity contribution in [3.8, 4) is 0 Å². The first-order valence-corrected chi connectivity index (χ1v) is 8.12. The molecule has 0 spiro atoms. The summed E-state index contributed by atoms with van der Waals surface area (Å²) in [7, 11) is 0. The number of thiol groups is 1. The molecular weight excluding hydrogens is 376 g/mol. The van der Waals surface area contributed by atoms with E-state index in [1.807, 2.05) is 18.3 Å². The highest BCUT2D eigenvalue weighted by Gasteiger charge is 2.17. The van der Waals surface area contributed by atoms with Crippen molar-refractivity contribution < 1.29 is 0 Å². The van der Waals surface area contributed by atoms with Gasteiger partial charge in [0, 0.05) is 26.0 Å². The van der Waals surface area contributed by atoms with E-state index in [9.17, 15) is 0 Å². The third-order valence-corrected chi connectivity index (χ3v) is 4.85. The summed E-state index contributed by atoms with van der Waals surface area (Å²) in [5.74, 6) is 0. The molecular formula is C13H16Br2N2S. The molecule has 1 aromatic carbocycles. The zero-order valence-electron chi connectivity index (χ0n) is 9.94. The molecule has 98 valence electrons. The van der Waals surface area contributed by atoms with Crippen molar-refractivity contribution in [2.75, 3.05) is 5.73 Å².